The smallest absolute Gasteiger partial charge is 0.347 e. The number of ether oxygens (including phenoxy) is 3. The Bertz CT molecular complexity index is 856. The zero-order valence-electron chi connectivity index (χ0n) is 21.5. The molecule has 0 amide bonds. The van der Waals surface area contributed by atoms with Gasteiger partial charge < -0.3 is 25.1 Å². The van der Waals surface area contributed by atoms with Crippen molar-refractivity contribution in [2.24, 2.45) is 5.73 Å². The van der Waals surface area contributed by atoms with Gasteiger partial charge >= 0.3 is 17.9 Å². The molecule has 1 aliphatic rings. The maximum Gasteiger partial charge on any atom is 0.347 e. The van der Waals surface area contributed by atoms with Crippen LogP contribution in [0, 0.1) is 0 Å². The van der Waals surface area contributed by atoms with Crippen LogP contribution >= 0.6 is 0 Å². The van der Waals surface area contributed by atoms with E-state index in [9.17, 15) is 19.5 Å². The Kier molecular flexibility index (Phi) is 11.0. The normalized spacial score (nSPS) is 15.9. The van der Waals surface area contributed by atoms with Crippen LogP contribution in [-0.2, 0) is 35.0 Å². The largest absolute Gasteiger partial charge is 0.508 e. The zero-order valence-corrected chi connectivity index (χ0v) is 21.5. The molecule has 1 fully saturated rings. The fourth-order valence-electron chi connectivity index (χ4n) is 4.10. The molecule has 1 aliphatic carbocycles. The van der Waals surface area contributed by atoms with Crippen LogP contribution < -0.4 is 5.73 Å². The average molecular weight is 492 g/mol. The number of unbranched alkanes of at least 4 members (excludes halogenated alkanes) is 1. The number of phenols is 1. The van der Waals surface area contributed by atoms with Gasteiger partial charge in [-0.2, -0.15) is 0 Å². The van der Waals surface area contributed by atoms with Crippen molar-refractivity contribution in [3.05, 3.63) is 29.3 Å². The van der Waals surface area contributed by atoms with Gasteiger partial charge in [0.15, 0.2) is 0 Å². The molecule has 0 aromatic heterocycles. The standard InChI is InChI=1S/C27H41NO7/c1-5-6-15-33-26(32)23(34-25(31)21(28)12-14-24(30)35-27(2,3)4)17-18-11-13-22(29)20(16-18)19-9-7-8-10-19/h11,13,16,19,21,23,29H,5-10,12,14-15,17,28H2,1-4H3/t21-,23?/m0/s1. The topological polar surface area (TPSA) is 125 Å². The van der Waals surface area contributed by atoms with Crippen LogP contribution in [0.2, 0.25) is 0 Å². The minimum Gasteiger partial charge on any atom is -0.508 e. The van der Waals surface area contributed by atoms with Crippen molar-refractivity contribution in [2.75, 3.05) is 6.61 Å². The van der Waals surface area contributed by atoms with Crippen LogP contribution in [0.25, 0.3) is 0 Å². The Morgan fingerprint density at radius 1 is 1.14 bits per heavy atom. The van der Waals surface area contributed by atoms with E-state index in [2.05, 4.69) is 0 Å². The lowest BCUT2D eigenvalue weighted by molar-refractivity contribution is -0.169. The summed E-state index contributed by atoms with van der Waals surface area (Å²) in [4.78, 5) is 37.4. The Labute approximate surface area is 208 Å². The van der Waals surface area contributed by atoms with Crippen LogP contribution in [0.5, 0.6) is 5.75 Å². The number of benzene rings is 1. The van der Waals surface area contributed by atoms with Gasteiger partial charge in [0.25, 0.3) is 0 Å². The molecular weight excluding hydrogens is 450 g/mol. The molecule has 3 N–H and O–H groups in total. The molecule has 8 nitrogen and oxygen atoms in total. The SMILES string of the molecule is CCCCOC(=O)C(Cc1ccc(O)c(C2CCCC2)c1)OC(=O)[C@@H](N)CCC(=O)OC(C)(C)C. The molecular formula is C27H41NO7. The Morgan fingerprint density at radius 3 is 2.46 bits per heavy atom. The van der Waals surface area contributed by atoms with Crippen molar-refractivity contribution in [2.45, 2.75) is 109 Å². The number of hydrogen-bond acceptors (Lipinski definition) is 8. The van der Waals surface area contributed by atoms with Crippen molar-refractivity contribution < 1.29 is 33.7 Å². The van der Waals surface area contributed by atoms with Gasteiger partial charge in [0.2, 0.25) is 6.10 Å². The summed E-state index contributed by atoms with van der Waals surface area (Å²) in [6.07, 6.45) is 4.77. The molecule has 2 rings (SSSR count). The van der Waals surface area contributed by atoms with Crippen LogP contribution in [-0.4, -0.2) is 47.4 Å². The van der Waals surface area contributed by atoms with Gasteiger partial charge in [-0.3, -0.25) is 9.59 Å². The first-order valence-electron chi connectivity index (χ1n) is 12.7. The number of carbonyl (C=O) groups is 3. The fourth-order valence-corrected chi connectivity index (χ4v) is 4.10. The van der Waals surface area contributed by atoms with E-state index in [0.29, 0.717) is 6.42 Å². The van der Waals surface area contributed by atoms with Crippen molar-refractivity contribution >= 4 is 17.9 Å². The van der Waals surface area contributed by atoms with Gasteiger partial charge in [-0.05, 0) is 69.6 Å². The van der Waals surface area contributed by atoms with E-state index in [0.717, 1.165) is 43.2 Å². The minimum atomic E-state index is -1.17. The maximum absolute atomic E-state index is 12.7. The summed E-state index contributed by atoms with van der Waals surface area (Å²) in [6.45, 7) is 7.49. The average Bonchev–Trinajstić information content (AvgIpc) is 3.31. The molecule has 0 aliphatic heterocycles. The third-order valence-corrected chi connectivity index (χ3v) is 5.95. The second kappa shape index (κ2) is 13.5. The van der Waals surface area contributed by atoms with Gasteiger partial charge in [0, 0.05) is 12.8 Å². The number of hydrogen-bond donors (Lipinski definition) is 2. The van der Waals surface area contributed by atoms with Crippen LogP contribution in [0.3, 0.4) is 0 Å². The first-order valence-corrected chi connectivity index (χ1v) is 12.7. The van der Waals surface area contributed by atoms with Gasteiger partial charge in [-0.1, -0.05) is 38.3 Å². The zero-order chi connectivity index (χ0) is 26.0. The highest BCUT2D eigenvalue weighted by molar-refractivity contribution is 5.82. The predicted molar refractivity (Wildman–Crippen MR) is 132 cm³/mol. The molecule has 0 spiro atoms. The van der Waals surface area contributed by atoms with Gasteiger partial charge in [-0.25, -0.2) is 4.79 Å². The van der Waals surface area contributed by atoms with Crippen molar-refractivity contribution in [3.63, 3.8) is 0 Å². The lowest BCUT2D eigenvalue weighted by Gasteiger charge is -2.21. The number of carbonyl (C=O) groups excluding carboxylic acids is 3. The number of rotatable bonds is 12. The molecule has 1 unspecified atom stereocenters. The molecule has 35 heavy (non-hydrogen) atoms. The third kappa shape index (κ3) is 9.88. The Hall–Kier alpha value is -2.61. The van der Waals surface area contributed by atoms with E-state index < -0.39 is 35.7 Å². The van der Waals surface area contributed by atoms with E-state index in [1.54, 1.807) is 32.9 Å². The molecule has 196 valence electrons. The molecule has 8 heteroatoms. The van der Waals surface area contributed by atoms with E-state index in [4.69, 9.17) is 19.9 Å². The molecule has 1 aromatic rings. The lowest BCUT2D eigenvalue weighted by atomic mass is 9.93. The van der Waals surface area contributed by atoms with E-state index in [-0.39, 0.29) is 37.5 Å². The maximum atomic E-state index is 12.7. The number of nitrogens with two attached hydrogens (primary N) is 1. The minimum absolute atomic E-state index is 0.0381. The molecule has 0 saturated heterocycles. The van der Waals surface area contributed by atoms with E-state index >= 15 is 0 Å². The molecule has 1 saturated carbocycles. The van der Waals surface area contributed by atoms with Crippen LogP contribution in [0.4, 0.5) is 0 Å². The predicted octanol–water partition coefficient (Wildman–Crippen LogP) is 4.30. The lowest BCUT2D eigenvalue weighted by Crippen LogP contribution is -2.39. The van der Waals surface area contributed by atoms with E-state index in [1.807, 2.05) is 13.0 Å². The highest BCUT2D eigenvalue weighted by atomic mass is 16.6. The van der Waals surface area contributed by atoms with Crippen molar-refractivity contribution in [1.82, 2.24) is 0 Å². The monoisotopic (exact) mass is 491 g/mol. The number of aromatic hydroxyl groups is 1. The summed E-state index contributed by atoms with van der Waals surface area (Å²) < 4.78 is 16.1. The van der Waals surface area contributed by atoms with Crippen molar-refractivity contribution in [3.8, 4) is 5.75 Å². The first-order chi connectivity index (χ1) is 16.5. The highest BCUT2D eigenvalue weighted by Crippen LogP contribution is 2.38. The van der Waals surface area contributed by atoms with Gasteiger partial charge in [0.1, 0.15) is 17.4 Å². The molecule has 0 radical (unpaired) electrons. The fraction of sp³-hybridized carbons (Fsp3) is 0.667. The summed E-state index contributed by atoms with van der Waals surface area (Å²) >= 11 is 0. The number of esters is 3. The second-order valence-electron chi connectivity index (χ2n) is 10.3. The van der Waals surface area contributed by atoms with Gasteiger partial charge in [0.05, 0.1) is 6.61 Å². The molecule has 2 atom stereocenters. The Balaban J connectivity index is 2.07. The van der Waals surface area contributed by atoms with E-state index in [1.165, 1.54) is 0 Å². The van der Waals surface area contributed by atoms with Crippen LogP contribution in [0.1, 0.15) is 96.1 Å². The summed E-state index contributed by atoms with van der Waals surface area (Å²) in [6, 6.07) is 4.14. The molecule has 0 heterocycles. The third-order valence-electron chi connectivity index (χ3n) is 5.95. The second-order valence-corrected chi connectivity index (χ2v) is 10.3. The highest BCUT2D eigenvalue weighted by Gasteiger charge is 2.29. The quantitative estimate of drug-likeness (QED) is 0.252. The van der Waals surface area contributed by atoms with Gasteiger partial charge in [-0.15, -0.1) is 0 Å². The number of phenolic OH excluding ortho intramolecular Hbond substituents is 1. The Morgan fingerprint density at radius 2 is 1.83 bits per heavy atom. The summed E-state index contributed by atoms with van der Waals surface area (Å²) in [7, 11) is 0. The molecule has 0 bridgehead atoms. The summed E-state index contributed by atoms with van der Waals surface area (Å²) in [5.41, 5.74) is 6.94. The first kappa shape index (κ1) is 28.6. The summed E-state index contributed by atoms with van der Waals surface area (Å²) in [5.74, 6) is -1.35. The van der Waals surface area contributed by atoms with Crippen LogP contribution in [0.15, 0.2) is 18.2 Å². The van der Waals surface area contributed by atoms with Crippen molar-refractivity contribution in [1.29, 1.82) is 0 Å². The summed E-state index contributed by atoms with van der Waals surface area (Å²) in [5, 5.41) is 10.3. The molecule has 1 aromatic carbocycles.